The van der Waals surface area contributed by atoms with Gasteiger partial charge in [0.1, 0.15) is 24.4 Å². The first-order valence-corrected chi connectivity index (χ1v) is 34.4. The Morgan fingerprint density at radius 3 is 1.30 bits per heavy atom. The Labute approximate surface area is 497 Å². The van der Waals surface area contributed by atoms with E-state index in [1.807, 2.05) is 6.08 Å². The van der Waals surface area contributed by atoms with E-state index in [1.165, 1.54) is 199 Å². The Morgan fingerprint density at radius 1 is 0.481 bits per heavy atom. The quantitative estimate of drug-likeness (QED) is 0.0195. The third kappa shape index (κ3) is 45.6. The first-order valence-electron chi connectivity index (χ1n) is 34.4. The van der Waals surface area contributed by atoms with E-state index in [0.29, 0.717) is 19.3 Å². The van der Waals surface area contributed by atoms with E-state index in [4.69, 9.17) is 14.2 Å². The lowest BCUT2D eigenvalue weighted by Gasteiger charge is -2.41. The molecular weight excluding hydrogens is 1010 g/mol. The molecule has 0 aromatic carbocycles. The number of ether oxygens (including phenoxy) is 3. The molecule has 1 aliphatic rings. The molecule has 1 saturated heterocycles. The van der Waals surface area contributed by atoms with Gasteiger partial charge in [0, 0.05) is 6.42 Å². The zero-order valence-electron chi connectivity index (χ0n) is 52.7. The normalized spacial score (nSPS) is 18.9. The highest BCUT2D eigenvalue weighted by atomic mass is 16.7. The average Bonchev–Trinajstić information content (AvgIpc) is 3.46. The van der Waals surface area contributed by atoms with Crippen LogP contribution in [0.4, 0.5) is 0 Å². The van der Waals surface area contributed by atoms with Gasteiger partial charge in [-0.1, -0.05) is 301 Å². The molecule has 1 aliphatic heterocycles. The Morgan fingerprint density at radius 2 is 0.852 bits per heavy atom. The molecule has 0 aromatic heterocycles. The van der Waals surface area contributed by atoms with Gasteiger partial charge in [-0.15, -0.1) is 0 Å². The predicted molar refractivity (Wildman–Crippen MR) is 338 cm³/mol. The molecule has 1 amide bonds. The van der Waals surface area contributed by atoms with Gasteiger partial charge < -0.3 is 45.1 Å². The van der Waals surface area contributed by atoms with Gasteiger partial charge in [0.15, 0.2) is 12.4 Å². The summed E-state index contributed by atoms with van der Waals surface area (Å²) in [4.78, 5) is 26.6. The molecule has 474 valence electrons. The first kappa shape index (κ1) is 76.6. The lowest BCUT2D eigenvalue weighted by Crippen LogP contribution is -2.61. The SMILES string of the molecule is CCCCC/C=C\C/C=C\C/C=C\CCCCCCCCCCCCCC(O)C(=O)NC(COC1OC(CO)C(O)C(O)C1OC(=O)CCCCCCCCCCCCCCCCC)C(O)/C=C/CCCCCCCCCCCCC. The van der Waals surface area contributed by atoms with Crippen LogP contribution in [-0.2, 0) is 23.8 Å². The number of hydrogen-bond donors (Lipinski definition) is 6. The van der Waals surface area contributed by atoms with E-state index in [-0.39, 0.29) is 13.0 Å². The number of unbranched alkanes of at least 4 members (excludes halogenated alkanes) is 39. The first-order chi connectivity index (χ1) is 39.7. The number of rotatable bonds is 59. The molecule has 6 N–H and O–H groups in total. The molecule has 81 heavy (non-hydrogen) atoms. The number of aliphatic hydroxyl groups excluding tert-OH is 5. The van der Waals surface area contributed by atoms with Crippen LogP contribution < -0.4 is 5.32 Å². The number of carbonyl (C=O) groups is 2. The van der Waals surface area contributed by atoms with Crippen molar-refractivity contribution in [2.45, 2.75) is 372 Å². The highest BCUT2D eigenvalue weighted by molar-refractivity contribution is 5.80. The fraction of sp³-hybridized carbons (Fsp3) is 0.857. The molecule has 0 spiro atoms. The van der Waals surface area contributed by atoms with E-state index in [0.717, 1.165) is 77.0 Å². The molecule has 1 fully saturated rings. The smallest absolute Gasteiger partial charge is 0.306 e. The summed E-state index contributed by atoms with van der Waals surface area (Å²) in [6.07, 6.45) is 61.4. The van der Waals surface area contributed by atoms with E-state index < -0.39 is 67.4 Å². The van der Waals surface area contributed by atoms with Crippen LogP contribution in [0.3, 0.4) is 0 Å². The maximum atomic E-state index is 13.5. The molecule has 0 radical (unpaired) electrons. The van der Waals surface area contributed by atoms with Crippen molar-refractivity contribution in [2.24, 2.45) is 0 Å². The van der Waals surface area contributed by atoms with Crippen LogP contribution in [-0.4, -0.2) is 99.6 Å². The van der Waals surface area contributed by atoms with Gasteiger partial charge in [-0.3, -0.25) is 9.59 Å². The maximum Gasteiger partial charge on any atom is 0.306 e. The van der Waals surface area contributed by atoms with Crippen molar-refractivity contribution in [1.29, 1.82) is 0 Å². The highest BCUT2D eigenvalue weighted by Crippen LogP contribution is 2.26. The lowest BCUT2D eigenvalue weighted by atomic mass is 9.99. The summed E-state index contributed by atoms with van der Waals surface area (Å²) in [6, 6.07) is -1.02. The van der Waals surface area contributed by atoms with Gasteiger partial charge in [-0.25, -0.2) is 0 Å². The van der Waals surface area contributed by atoms with Gasteiger partial charge in [0.05, 0.1) is 25.4 Å². The zero-order chi connectivity index (χ0) is 58.9. The van der Waals surface area contributed by atoms with Crippen molar-refractivity contribution >= 4 is 11.9 Å². The zero-order valence-corrected chi connectivity index (χ0v) is 52.7. The summed E-state index contributed by atoms with van der Waals surface area (Å²) in [6.45, 7) is 5.80. The Kier molecular flexibility index (Phi) is 54.9. The maximum absolute atomic E-state index is 13.5. The predicted octanol–water partition coefficient (Wildman–Crippen LogP) is 17.2. The van der Waals surface area contributed by atoms with Crippen LogP contribution in [0.5, 0.6) is 0 Å². The van der Waals surface area contributed by atoms with Crippen molar-refractivity contribution in [1.82, 2.24) is 5.32 Å². The molecular formula is C70H129NO10. The molecule has 8 unspecified atom stereocenters. The van der Waals surface area contributed by atoms with Gasteiger partial charge in [0.25, 0.3) is 0 Å². The molecule has 11 heteroatoms. The largest absolute Gasteiger partial charge is 0.454 e. The molecule has 0 aliphatic carbocycles. The molecule has 0 aromatic rings. The van der Waals surface area contributed by atoms with Crippen LogP contribution in [0, 0.1) is 0 Å². The minimum Gasteiger partial charge on any atom is -0.454 e. The van der Waals surface area contributed by atoms with Crippen LogP contribution in [0.15, 0.2) is 48.6 Å². The minimum absolute atomic E-state index is 0.128. The molecule has 0 bridgehead atoms. The van der Waals surface area contributed by atoms with Crippen molar-refractivity contribution in [3.63, 3.8) is 0 Å². The summed E-state index contributed by atoms with van der Waals surface area (Å²) >= 11 is 0. The Balaban J connectivity index is 2.60. The third-order valence-corrected chi connectivity index (χ3v) is 16.2. The summed E-state index contributed by atoms with van der Waals surface area (Å²) in [5.41, 5.74) is 0. The second-order valence-electron chi connectivity index (χ2n) is 23.9. The van der Waals surface area contributed by atoms with Gasteiger partial charge in [0.2, 0.25) is 5.91 Å². The van der Waals surface area contributed by atoms with Crippen molar-refractivity contribution in [3.05, 3.63) is 48.6 Å². The van der Waals surface area contributed by atoms with Crippen LogP contribution >= 0.6 is 0 Å². The van der Waals surface area contributed by atoms with E-state index >= 15 is 0 Å². The fourth-order valence-corrected chi connectivity index (χ4v) is 10.8. The van der Waals surface area contributed by atoms with Crippen molar-refractivity contribution in [2.75, 3.05) is 13.2 Å². The third-order valence-electron chi connectivity index (χ3n) is 16.2. The molecule has 11 nitrogen and oxygen atoms in total. The number of allylic oxidation sites excluding steroid dienone is 7. The van der Waals surface area contributed by atoms with Gasteiger partial charge >= 0.3 is 5.97 Å². The molecule has 8 atom stereocenters. The van der Waals surface area contributed by atoms with Crippen LogP contribution in [0.25, 0.3) is 0 Å². The van der Waals surface area contributed by atoms with E-state index in [9.17, 15) is 35.1 Å². The number of amides is 1. The topological polar surface area (TPSA) is 175 Å². The fourth-order valence-electron chi connectivity index (χ4n) is 10.8. The van der Waals surface area contributed by atoms with Crippen LogP contribution in [0.2, 0.25) is 0 Å². The van der Waals surface area contributed by atoms with Crippen LogP contribution in [0.1, 0.15) is 323 Å². The van der Waals surface area contributed by atoms with Gasteiger partial charge in [-0.2, -0.15) is 0 Å². The Bertz CT molecular complexity index is 1500. The standard InChI is InChI=1S/C70H129NO10/c1-4-7-10-13-16-19-22-25-27-28-29-30-31-32-33-34-35-37-39-42-45-48-51-54-57-63(74)69(78)71-61(62(73)56-53-50-47-44-41-38-24-21-18-15-12-9-6-3)60-79-70-68(67(77)66(76)64(59-72)80-70)81-65(75)58-55-52-49-46-43-40-36-26-23-20-17-14-11-8-5-2/h16,19,25,27,29-30,53,56,61-64,66-68,70,72-74,76-77H,4-15,17-18,20-24,26,28,31-52,54-55,57-60H2,1-3H3,(H,71,78)/b19-16-,27-25-,30-29-,56-53+. The number of esters is 1. The lowest BCUT2D eigenvalue weighted by molar-refractivity contribution is -0.305. The number of nitrogens with one attached hydrogen (secondary N) is 1. The Hall–Kier alpha value is -2.38. The van der Waals surface area contributed by atoms with Crippen molar-refractivity contribution in [3.8, 4) is 0 Å². The summed E-state index contributed by atoms with van der Waals surface area (Å²) in [5.74, 6) is -1.18. The highest BCUT2D eigenvalue weighted by Gasteiger charge is 2.47. The average molecular weight is 1140 g/mol. The van der Waals surface area contributed by atoms with Crippen molar-refractivity contribution < 1.29 is 49.3 Å². The minimum atomic E-state index is -1.61. The molecule has 1 heterocycles. The van der Waals surface area contributed by atoms with E-state index in [1.54, 1.807) is 6.08 Å². The summed E-state index contributed by atoms with van der Waals surface area (Å²) in [5, 5.41) is 57.2. The summed E-state index contributed by atoms with van der Waals surface area (Å²) < 4.78 is 17.7. The monoisotopic (exact) mass is 1140 g/mol. The number of aliphatic hydroxyl groups is 5. The molecule has 1 rings (SSSR count). The second-order valence-corrected chi connectivity index (χ2v) is 23.9. The molecule has 0 saturated carbocycles. The summed E-state index contributed by atoms with van der Waals surface area (Å²) in [7, 11) is 0. The second kappa shape index (κ2) is 58.0. The van der Waals surface area contributed by atoms with E-state index in [2.05, 4.69) is 62.5 Å². The number of hydrogen-bond acceptors (Lipinski definition) is 10. The van der Waals surface area contributed by atoms with Gasteiger partial charge in [-0.05, 0) is 64.2 Å². The number of carbonyl (C=O) groups excluding carboxylic acids is 2.